The van der Waals surface area contributed by atoms with Gasteiger partial charge in [0.2, 0.25) is 10.0 Å². The van der Waals surface area contributed by atoms with Crippen molar-refractivity contribution in [2.45, 2.75) is 24.3 Å². The number of rotatable bonds is 7. The van der Waals surface area contributed by atoms with Gasteiger partial charge in [-0.1, -0.05) is 18.2 Å². The summed E-state index contributed by atoms with van der Waals surface area (Å²) in [4.78, 5) is 15.3. The Morgan fingerprint density at radius 2 is 1.72 bits per heavy atom. The molecule has 1 aromatic carbocycles. The Hall–Kier alpha value is -1.52. The van der Waals surface area contributed by atoms with Gasteiger partial charge in [0.25, 0.3) is 5.91 Å². The largest absolute Gasteiger partial charge is 0.370 e. The van der Waals surface area contributed by atoms with Gasteiger partial charge in [0, 0.05) is 0 Å². The molecule has 3 rings (SSSR count). The van der Waals surface area contributed by atoms with E-state index in [0.717, 1.165) is 31.2 Å². The van der Waals surface area contributed by atoms with Gasteiger partial charge in [-0.3, -0.25) is 4.79 Å². The third kappa shape index (κ3) is 5.76. The van der Waals surface area contributed by atoms with Gasteiger partial charge in [-0.2, -0.15) is 4.31 Å². The molecule has 0 bridgehead atoms. The number of quaternary nitrogens is 2. The number of carbonyl (C=O) groups excluding carboxylic acids is 1. The Morgan fingerprint density at radius 3 is 2.34 bits per heavy atom. The molecule has 0 aromatic heterocycles. The maximum absolute atomic E-state index is 12.7. The minimum Gasteiger partial charge on any atom is -0.370 e. The maximum Gasteiger partial charge on any atom is 0.275 e. The average Bonchev–Trinajstić information content (AvgIpc) is 2.74. The van der Waals surface area contributed by atoms with Crippen LogP contribution in [0.3, 0.4) is 0 Å². The Kier molecular flexibility index (Phi) is 7.28. The van der Waals surface area contributed by atoms with E-state index in [-0.39, 0.29) is 11.4 Å². The predicted octanol–water partition coefficient (Wildman–Crippen LogP) is -2.61. The van der Waals surface area contributed by atoms with E-state index in [2.05, 4.69) is 19.2 Å². The summed E-state index contributed by atoms with van der Waals surface area (Å²) in [7, 11) is -3.45. The minimum absolute atomic E-state index is 0.0279. The standard InChI is InChI=1S/C20H32N4O4S/c1-20(2,23-12-14-28-15-13-23)17-21-19(25)16-22-8-10-24(11-9-22)29(26,27)18-6-4-3-5-7-18/h3-7H,8-17H2,1-2H3,(H,21,25)/p+2. The molecule has 162 valence electrons. The van der Waals surface area contributed by atoms with Gasteiger partial charge in [0.05, 0.1) is 50.8 Å². The molecule has 8 nitrogen and oxygen atoms in total. The summed E-state index contributed by atoms with van der Waals surface area (Å²) in [5, 5.41) is 3.08. The summed E-state index contributed by atoms with van der Waals surface area (Å²) < 4.78 is 32.4. The number of nitrogens with one attached hydrogen (secondary N) is 3. The highest BCUT2D eigenvalue weighted by Gasteiger charge is 2.34. The van der Waals surface area contributed by atoms with E-state index in [0.29, 0.717) is 44.2 Å². The van der Waals surface area contributed by atoms with Crippen LogP contribution < -0.4 is 15.1 Å². The van der Waals surface area contributed by atoms with Crippen LogP contribution in [-0.4, -0.2) is 89.7 Å². The third-order valence-corrected chi connectivity index (χ3v) is 7.91. The molecule has 0 spiro atoms. The van der Waals surface area contributed by atoms with Crippen molar-refractivity contribution in [3.8, 4) is 0 Å². The number of ether oxygens (including phenoxy) is 1. The Bertz CT molecular complexity index is 771. The van der Waals surface area contributed by atoms with E-state index in [9.17, 15) is 13.2 Å². The highest BCUT2D eigenvalue weighted by molar-refractivity contribution is 7.89. The Morgan fingerprint density at radius 1 is 1.10 bits per heavy atom. The zero-order valence-electron chi connectivity index (χ0n) is 17.4. The maximum atomic E-state index is 12.7. The average molecular weight is 427 g/mol. The summed E-state index contributed by atoms with van der Waals surface area (Å²) in [5.74, 6) is 0.0279. The fourth-order valence-electron chi connectivity index (χ4n) is 3.99. The van der Waals surface area contributed by atoms with E-state index < -0.39 is 10.0 Å². The number of carbonyl (C=O) groups is 1. The second kappa shape index (κ2) is 9.53. The number of benzene rings is 1. The zero-order chi connectivity index (χ0) is 20.9. The van der Waals surface area contributed by atoms with Crippen molar-refractivity contribution >= 4 is 15.9 Å². The van der Waals surface area contributed by atoms with Crippen LogP contribution in [0.2, 0.25) is 0 Å². The number of amides is 1. The van der Waals surface area contributed by atoms with Crippen LogP contribution in [0.15, 0.2) is 35.2 Å². The van der Waals surface area contributed by atoms with Crippen molar-refractivity contribution in [1.82, 2.24) is 9.62 Å². The molecule has 29 heavy (non-hydrogen) atoms. The highest BCUT2D eigenvalue weighted by Crippen LogP contribution is 2.14. The first-order valence-corrected chi connectivity index (χ1v) is 11.8. The number of nitrogens with zero attached hydrogens (tertiary/aromatic N) is 1. The second-order valence-electron chi connectivity index (χ2n) is 8.52. The van der Waals surface area contributed by atoms with Crippen molar-refractivity contribution in [2.75, 3.05) is 65.6 Å². The number of sulfonamides is 1. The second-order valence-corrected chi connectivity index (χ2v) is 10.5. The first kappa shape index (κ1) is 22.2. The van der Waals surface area contributed by atoms with Crippen LogP contribution in [0.1, 0.15) is 13.8 Å². The molecule has 9 heteroatoms. The van der Waals surface area contributed by atoms with Gasteiger partial charge < -0.3 is 19.9 Å². The normalized spacial score (nSPS) is 20.5. The molecule has 2 aliphatic heterocycles. The number of morpholine rings is 1. The molecule has 0 saturated carbocycles. The monoisotopic (exact) mass is 426 g/mol. The molecule has 0 radical (unpaired) electrons. The molecule has 0 unspecified atom stereocenters. The zero-order valence-corrected chi connectivity index (χ0v) is 18.3. The smallest absolute Gasteiger partial charge is 0.275 e. The van der Waals surface area contributed by atoms with Gasteiger partial charge in [0.15, 0.2) is 6.54 Å². The van der Waals surface area contributed by atoms with Crippen molar-refractivity contribution in [3.63, 3.8) is 0 Å². The lowest BCUT2D eigenvalue weighted by molar-refractivity contribution is -0.954. The summed E-state index contributed by atoms with van der Waals surface area (Å²) >= 11 is 0. The van der Waals surface area contributed by atoms with E-state index in [4.69, 9.17) is 4.74 Å². The quantitative estimate of drug-likeness (QED) is 0.446. The molecular formula is C20H34N4O4S+2. The van der Waals surface area contributed by atoms with Crippen LogP contribution in [0, 0.1) is 0 Å². The lowest BCUT2D eigenvalue weighted by atomic mass is 10.0. The van der Waals surface area contributed by atoms with E-state index in [1.807, 2.05) is 6.07 Å². The molecule has 2 heterocycles. The van der Waals surface area contributed by atoms with Crippen molar-refractivity contribution in [1.29, 1.82) is 0 Å². The van der Waals surface area contributed by atoms with Crippen LogP contribution >= 0.6 is 0 Å². The first-order chi connectivity index (χ1) is 13.8. The van der Waals surface area contributed by atoms with E-state index >= 15 is 0 Å². The predicted molar refractivity (Wildman–Crippen MR) is 109 cm³/mol. The minimum atomic E-state index is -3.45. The number of hydrogen-bond donors (Lipinski definition) is 3. The van der Waals surface area contributed by atoms with Crippen molar-refractivity contribution in [2.24, 2.45) is 0 Å². The van der Waals surface area contributed by atoms with Crippen LogP contribution in [-0.2, 0) is 19.6 Å². The van der Waals surface area contributed by atoms with Crippen LogP contribution in [0.25, 0.3) is 0 Å². The number of hydrogen-bond acceptors (Lipinski definition) is 4. The Balaban J connectivity index is 1.44. The van der Waals surface area contributed by atoms with Gasteiger partial charge >= 0.3 is 0 Å². The molecular weight excluding hydrogens is 392 g/mol. The van der Waals surface area contributed by atoms with Gasteiger partial charge in [-0.25, -0.2) is 8.42 Å². The summed E-state index contributed by atoms with van der Waals surface area (Å²) in [6.07, 6.45) is 0. The van der Waals surface area contributed by atoms with Crippen molar-refractivity contribution in [3.05, 3.63) is 30.3 Å². The topological polar surface area (TPSA) is 84.6 Å². The number of piperazine rings is 1. The van der Waals surface area contributed by atoms with E-state index in [1.165, 1.54) is 9.21 Å². The molecule has 0 atom stereocenters. The summed E-state index contributed by atoms with van der Waals surface area (Å²) in [6, 6.07) is 8.53. The van der Waals surface area contributed by atoms with Crippen molar-refractivity contribution < 1.29 is 27.7 Å². The molecule has 1 amide bonds. The van der Waals surface area contributed by atoms with Crippen LogP contribution in [0.4, 0.5) is 0 Å². The molecule has 0 aliphatic carbocycles. The van der Waals surface area contributed by atoms with Gasteiger partial charge in [0.1, 0.15) is 18.6 Å². The van der Waals surface area contributed by atoms with E-state index in [1.54, 1.807) is 24.3 Å². The summed E-state index contributed by atoms with van der Waals surface area (Å²) in [5.41, 5.74) is -0.0305. The molecule has 2 saturated heterocycles. The Labute approximate surface area is 173 Å². The first-order valence-electron chi connectivity index (χ1n) is 10.4. The SMILES string of the molecule is CC(C)(CNC(=O)C[NH+]1CCN(S(=O)(=O)c2ccccc2)CC1)[NH+]1CCOCC1. The lowest BCUT2D eigenvalue weighted by Crippen LogP contribution is -3.22. The molecule has 1 aromatic rings. The van der Waals surface area contributed by atoms with Gasteiger partial charge in [-0.15, -0.1) is 0 Å². The summed E-state index contributed by atoms with van der Waals surface area (Å²) in [6.45, 7) is 11.0. The molecule has 2 aliphatic rings. The highest BCUT2D eigenvalue weighted by atomic mass is 32.2. The van der Waals surface area contributed by atoms with Crippen LogP contribution in [0.5, 0.6) is 0 Å². The fraction of sp³-hybridized carbons (Fsp3) is 0.650. The molecule has 2 fully saturated rings. The lowest BCUT2D eigenvalue weighted by Gasteiger charge is -2.37. The third-order valence-electron chi connectivity index (χ3n) is 6.00. The fourth-order valence-corrected chi connectivity index (χ4v) is 5.45. The molecule has 3 N–H and O–H groups in total. The van der Waals surface area contributed by atoms with Gasteiger partial charge in [-0.05, 0) is 26.0 Å².